The molecule has 1 atom stereocenters. The second-order valence-electron chi connectivity index (χ2n) is 5.12. The molecule has 0 bridgehead atoms. The molecule has 0 radical (unpaired) electrons. The highest BCUT2D eigenvalue weighted by Gasteiger charge is 2.20. The number of aromatic nitrogens is 3. The minimum Gasteiger partial charge on any atom is -0.312 e. The molecule has 0 aliphatic heterocycles. The highest BCUT2D eigenvalue weighted by Crippen LogP contribution is 2.28. The van der Waals surface area contributed by atoms with Crippen LogP contribution in [0.25, 0.3) is 0 Å². The summed E-state index contributed by atoms with van der Waals surface area (Å²) < 4.78 is 1.99. The lowest BCUT2D eigenvalue weighted by Crippen LogP contribution is -2.22. The fourth-order valence-electron chi connectivity index (χ4n) is 2.34. The summed E-state index contributed by atoms with van der Waals surface area (Å²) in [7, 11) is 1.96. The summed E-state index contributed by atoms with van der Waals surface area (Å²) in [4.78, 5) is 4.36. The van der Waals surface area contributed by atoms with E-state index in [1.807, 2.05) is 36.1 Å². The SMILES string of the molecule is CNC(CCc1ccccn1)c1c(Cl)cnn1C(C)C. The molecule has 108 valence electrons. The van der Waals surface area contributed by atoms with Gasteiger partial charge in [-0.15, -0.1) is 0 Å². The first-order valence-electron chi connectivity index (χ1n) is 6.93. The van der Waals surface area contributed by atoms with Crippen LogP contribution in [0.15, 0.2) is 30.6 Å². The van der Waals surface area contributed by atoms with E-state index in [0.717, 1.165) is 29.3 Å². The van der Waals surface area contributed by atoms with Crippen molar-refractivity contribution in [3.63, 3.8) is 0 Å². The highest BCUT2D eigenvalue weighted by atomic mass is 35.5. The summed E-state index contributed by atoms with van der Waals surface area (Å²) in [5, 5.41) is 8.43. The summed E-state index contributed by atoms with van der Waals surface area (Å²) in [6, 6.07) is 6.47. The van der Waals surface area contributed by atoms with Gasteiger partial charge in [0.25, 0.3) is 0 Å². The molecule has 2 aromatic rings. The first-order valence-corrected chi connectivity index (χ1v) is 7.31. The van der Waals surface area contributed by atoms with Crippen molar-refractivity contribution in [1.29, 1.82) is 0 Å². The van der Waals surface area contributed by atoms with Gasteiger partial charge in [-0.05, 0) is 45.9 Å². The van der Waals surface area contributed by atoms with Crippen LogP contribution >= 0.6 is 11.6 Å². The largest absolute Gasteiger partial charge is 0.312 e. The van der Waals surface area contributed by atoms with Gasteiger partial charge >= 0.3 is 0 Å². The molecule has 1 N–H and O–H groups in total. The standard InChI is InChI=1S/C15H21ClN4/c1-11(2)20-15(13(16)10-19-20)14(17-3)8-7-12-6-4-5-9-18-12/h4-6,9-11,14,17H,7-8H2,1-3H3. The lowest BCUT2D eigenvalue weighted by atomic mass is 10.1. The van der Waals surface area contributed by atoms with E-state index in [2.05, 4.69) is 29.2 Å². The van der Waals surface area contributed by atoms with Crippen molar-refractivity contribution in [2.45, 2.75) is 38.8 Å². The first-order chi connectivity index (χ1) is 9.63. The Labute approximate surface area is 125 Å². The normalized spacial score (nSPS) is 12.8. The molecule has 0 aliphatic rings. The summed E-state index contributed by atoms with van der Waals surface area (Å²) >= 11 is 6.31. The number of halogens is 1. The molecule has 2 rings (SSSR count). The number of nitrogens with one attached hydrogen (secondary N) is 1. The molecule has 0 saturated heterocycles. The second kappa shape index (κ2) is 6.86. The van der Waals surface area contributed by atoms with Crippen molar-refractivity contribution in [2.24, 2.45) is 0 Å². The molecule has 0 amide bonds. The van der Waals surface area contributed by atoms with E-state index in [9.17, 15) is 0 Å². The van der Waals surface area contributed by atoms with E-state index in [0.29, 0.717) is 6.04 Å². The highest BCUT2D eigenvalue weighted by molar-refractivity contribution is 6.31. The monoisotopic (exact) mass is 292 g/mol. The van der Waals surface area contributed by atoms with Crippen LogP contribution in [0.5, 0.6) is 0 Å². The molecule has 0 fully saturated rings. The van der Waals surface area contributed by atoms with Crippen molar-refractivity contribution in [1.82, 2.24) is 20.1 Å². The maximum atomic E-state index is 6.31. The maximum Gasteiger partial charge on any atom is 0.0834 e. The van der Waals surface area contributed by atoms with Crippen LogP contribution in [0.3, 0.4) is 0 Å². The summed E-state index contributed by atoms with van der Waals surface area (Å²) in [6.45, 7) is 4.22. The number of hydrogen-bond donors (Lipinski definition) is 1. The second-order valence-corrected chi connectivity index (χ2v) is 5.52. The molecule has 1 unspecified atom stereocenters. The van der Waals surface area contributed by atoms with Gasteiger partial charge in [-0.1, -0.05) is 17.7 Å². The lowest BCUT2D eigenvalue weighted by Gasteiger charge is -2.20. The van der Waals surface area contributed by atoms with E-state index in [1.165, 1.54) is 0 Å². The van der Waals surface area contributed by atoms with Gasteiger partial charge in [0.1, 0.15) is 0 Å². The predicted molar refractivity (Wildman–Crippen MR) is 82.0 cm³/mol. The molecule has 0 saturated carbocycles. The van der Waals surface area contributed by atoms with Crippen molar-refractivity contribution in [3.8, 4) is 0 Å². The van der Waals surface area contributed by atoms with Crippen molar-refractivity contribution in [3.05, 3.63) is 47.0 Å². The van der Waals surface area contributed by atoms with Gasteiger partial charge in [0, 0.05) is 17.9 Å². The number of aryl methyl sites for hydroxylation is 1. The first kappa shape index (κ1) is 15.0. The summed E-state index contributed by atoms with van der Waals surface area (Å²) in [5.41, 5.74) is 2.15. The van der Waals surface area contributed by atoms with Crippen LogP contribution in [0, 0.1) is 0 Å². The summed E-state index contributed by atoms with van der Waals surface area (Å²) in [6.07, 6.45) is 5.40. The Morgan fingerprint density at radius 2 is 2.15 bits per heavy atom. The number of pyridine rings is 1. The van der Waals surface area contributed by atoms with Gasteiger partial charge in [0.2, 0.25) is 0 Å². The molecular formula is C15H21ClN4. The third-order valence-electron chi connectivity index (χ3n) is 3.37. The van der Waals surface area contributed by atoms with Gasteiger partial charge in [0.05, 0.1) is 23.0 Å². The molecule has 0 aliphatic carbocycles. The molecular weight excluding hydrogens is 272 g/mol. The fourth-order valence-corrected chi connectivity index (χ4v) is 2.61. The topological polar surface area (TPSA) is 42.7 Å². The molecule has 0 spiro atoms. The molecule has 4 nitrogen and oxygen atoms in total. The zero-order valence-corrected chi connectivity index (χ0v) is 12.9. The number of hydrogen-bond acceptors (Lipinski definition) is 3. The maximum absolute atomic E-state index is 6.31. The Hall–Kier alpha value is -1.39. The Kier molecular flexibility index (Phi) is 5.15. The fraction of sp³-hybridized carbons (Fsp3) is 0.467. The zero-order valence-electron chi connectivity index (χ0n) is 12.2. The van der Waals surface area contributed by atoms with Crippen LogP contribution in [0.1, 0.15) is 43.7 Å². The Bertz CT molecular complexity index is 536. The average molecular weight is 293 g/mol. The lowest BCUT2D eigenvalue weighted by molar-refractivity contribution is 0.446. The molecule has 5 heteroatoms. The van der Waals surface area contributed by atoms with Crippen molar-refractivity contribution in [2.75, 3.05) is 7.05 Å². The van der Waals surface area contributed by atoms with Gasteiger partial charge < -0.3 is 5.32 Å². The van der Waals surface area contributed by atoms with Crippen LogP contribution < -0.4 is 5.32 Å². The molecule has 2 heterocycles. The third-order valence-corrected chi connectivity index (χ3v) is 3.66. The van der Waals surface area contributed by atoms with Crippen molar-refractivity contribution < 1.29 is 0 Å². The Morgan fingerprint density at radius 3 is 2.75 bits per heavy atom. The summed E-state index contributed by atoms with van der Waals surface area (Å²) in [5.74, 6) is 0. The van der Waals surface area contributed by atoms with Gasteiger partial charge in [0.15, 0.2) is 0 Å². The third kappa shape index (κ3) is 3.38. The van der Waals surface area contributed by atoms with E-state index >= 15 is 0 Å². The van der Waals surface area contributed by atoms with E-state index in [1.54, 1.807) is 6.20 Å². The zero-order chi connectivity index (χ0) is 14.5. The Morgan fingerprint density at radius 1 is 1.35 bits per heavy atom. The van der Waals surface area contributed by atoms with E-state index in [4.69, 9.17) is 11.6 Å². The number of nitrogens with zero attached hydrogens (tertiary/aromatic N) is 3. The smallest absolute Gasteiger partial charge is 0.0834 e. The van der Waals surface area contributed by atoms with Crippen LogP contribution in [-0.4, -0.2) is 21.8 Å². The molecule has 20 heavy (non-hydrogen) atoms. The van der Waals surface area contributed by atoms with Crippen LogP contribution in [-0.2, 0) is 6.42 Å². The van der Waals surface area contributed by atoms with Gasteiger partial charge in [-0.25, -0.2) is 0 Å². The predicted octanol–water partition coefficient (Wildman–Crippen LogP) is 3.41. The minimum absolute atomic E-state index is 0.175. The molecule has 2 aromatic heterocycles. The minimum atomic E-state index is 0.175. The van der Waals surface area contributed by atoms with Crippen LogP contribution in [0.4, 0.5) is 0 Å². The average Bonchev–Trinajstić information content (AvgIpc) is 2.83. The van der Waals surface area contributed by atoms with Crippen LogP contribution in [0.2, 0.25) is 5.02 Å². The Balaban J connectivity index is 2.14. The van der Waals surface area contributed by atoms with E-state index < -0.39 is 0 Å². The van der Waals surface area contributed by atoms with Gasteiger partial charge in [-0.3, -0.25) is 9.67 Å². The van der Waals surface area contributed by atoms with Gasteiger partial charge in [-0.2, -0.15) is 5.10 Å². The van der Waals surface area contributed by atoms with Crippen molar-refractivity contribution >= 4 is 11.6 Å². The quantitative estimate of drug-likeness (QED) is 0.887. The molecule has 0 aromatic carbocycles. The van der Waals surface area contributed by atoms with E-state index in [-0.39, 0.29) is 6.04 Å². The number of rotatable bonds is 6.